The zero-order chi connectivity index (χ0) is 29.5. The van der Waals surface area contributed by atoms with Gasteiger partial charge in [0.15, 0.2) is 0 Å². The summed E-state index contributed by atoms with van der Waals surface area (Å²) >= 11 is 0. The van der Waals surface area contributed by atoms with Crippen LogP contribution in [-0.2, 0) is 21.4 Å². The van der Waals surface area contributed by atoms with Crippen molar-refractivity contribution in [1.82, 2.24) is 29.0 Å². The lowest BCUT2D eigenvalue weighted by molar-refractivity contribution is -0.117. The molecule has 42 heavy (non-hydrogen) atoms. The molecule has 4 aromatic rings. The summed E-state index contributed by atoms with van der Waals surface area (Å²) in [4.78, 5) is 17.1. The Labute approximate surface area is 246 Å². The summed E-state index contributed by atoms with van der Waals surface area (Å²) in [5.41, 5.74) is 2.26. The van der Waals surface area contributed by atoms with Crippen LogP contribution in [-0.4, -0.2) is 57.6 Å². The molecule has 0 radical (unpaired) electrons. The van der Waals surface area contributed by atoms with E-state index in [1.807, 2.05) is 47.2 Å². The van der Waals surface area contributed by atoms with E-state index in [1.165, 1.54) is 6.08 Å². The number of hydrogen-bond donors (Lipinski definition) is 1. The highest BCUT2D eigenvalue weighted by molar-refractivity contribution is 7.89. The molecule has 2 aromatic heterocycles. The Hall–Kier alpha value is -4.53. The van der Waals surface area contributed by atoms with Crippen LogP contribution in [0.2, 0.25) is 0 Å². The number of hydrogen-bond acceptors (Lipinski definition) is 6. The molecule has 1 N–H and O–H groups in total. The first-order valence-corrected chi connectivity index (χ1v) is 15.4. The van der Waals surface area contributed by atoms with Crippen LogP contribution in [0.15, 0.2) is 90.0 Å². The minimum Gasteiger partial charge on any atom is -0.351 e. The van der Waals surface area contributed by atoms with Crippen LogP contribution in [0.25, 0.3) is 23.0 Å². The summed E-state index contributed by atoms with van der Waals surface area (Å²) in [6.07, 6.45) is 11.0. The molecule has 1 unspecified atom stereocenters. The quantitative estimate of drug-likeness (QED) is 0.169. The highest BCUT2D eigenvalue weighted by Crippen LogP contribution is 2.30. The van der Waals surface area contributed by atoms with Gasteiger partial charge in [-0.2, -0.15) is 14.7 Å². The topological polar surface area (TPSA) is 126 Å². The van der Waals surface area contributed by atoms with Gasteiger partial charge in [0.1, 0.15) is 17.3 Å². The number of sulfonamides is 1. The molecule has 1 fully saturated rings. The van der Waals surface area contributed by atoms with E-state index in [-0.39, 0.29) is 10.5 Å². The van der Waals surface area contributed by atoms with E-state index in [4.69, 9.17) is 5.10 Å². The van der Waals surface area contributed by atoms with Crippen molar-refractivity contribution in [3.05, 3.63) is 90.7 Å². The first kappa shape index (κ1) is 29.0. The van der Waals surface area contributed by atoms with Gasteiger partial charge in [-0.3, -0.25) is 4.79 Å². The lowest BCUT2D eigenvalue weighted by Crippen LogP contribution is -2.39. The van der Waals surface area contributed by atoms with Crippen molar-refractivity contribution in [1.29, 1.82) is 5.26 Å². The van der Waals surface area contributed by atoms with Gasteiger partial charge in [-0.15, -0.1) is 0 Å². The fourth-order valence-corrected chi connectivity index (χ4v) is 6.67. The van der Waals surface area contributed by atoms with E-state index in [1.54, 1.807) is 52.0 Å². The molecule has 1 amide bonds. The van der Waals surface area contributed by atoms with Crippen molar-refractivity contribution in [3.8, 4) is 23.0 Å². The third-order valence-corrected chi connectivity index (χ3v) is 9.09. The predicted octanol–water partition coefficient (Wildman–Crippen LogP) is 4.27. The van der Waals surface area contributed by atoms with E-state index in [9.17, 15) is 18.5 Å². The molecule has 0 saturated carbocycles. The summed E-state index contributed by atoms with van der Waals surface area (Å²) in [5.74, 6) is -0.187. The van der Waals surface area contributed by atoms with Gasteiger partial charge in [-0.1, -0.05) is 37.3 Å². The molecule has 10 nitrogen and oxygen atoms in total. The standard InChI is InChI=1S/C31H33N7O3S/c1-24-8-6-16-37(21-24)42(40,41)29-12-5-9-25(19-29)30-27(22-38(35-30)28-10-3-2-4-11-28)18-26(20-32)31(39)34-13-7-15-36-17-14-33-23-36/h2-5,9-12,14,17-19,22-24H,6-8,13,15-16,21H2,1H3,(H,34,39)/b26-18+. The molecule has 5 rings (SSSR count). The van der Waals surface area contributed by atoms with Crippen LogP contribution in [0.5, 0.6) is 0 Å². The van der Waals surface area contributed by atoms with E-state index in [0.717, 1.165) is 18.5 Å². The number of carbonyl (C=O) groups excluding carboxylic acids is 1. The lowest BCUT2D eigenvalue weighted by Gasteiger charge is -2.30. The molecule has 3 heterocycles. The number of aryl methyl sites for hydroxylation is 1. The second kappa shape index (κ2) is 13.0. The fraction of sp³-hybridized carbons (Fsp3) is 0.290. The van der Waals surface area contributed by atoms with Crippen LogP contribution >= 0.6 is 0 Å². The highest BCUT2D eigenvalue weighted by atomic mass is 32.2. The van der Waals surface area contributed by atoms with Crippen molar-refractivity contribution in [3.63, 3.8) is 0 Å². The van der Waals surface area contributed by atoms with Gasteiger partial charge in [-0.25, -0.2) is 18.1 Å². The number of amides is 1. The van der Waals surface area contributed by atoms with Crippen molar-refractivity contribution in [2.75, 3.05) is 19.6 Å². The van der Waals surface area contributed by atoms with Crippen LogP contribution in [0, 0.1) is 17.2 Å². The third-order valence-electron chi connectivity index (χ3n) is 7.23. The second-order valence-corrected chi connectivity index (χ2v) is 12.4. The molecule has 0 bridgehead atoms. The Bertz CT molecular complexity index is 1700. The smallest absolute Gasteiger partial charge is 0.261 e. The van der Waals surface area contributed by atoms with Crippen LogP contribution in [0.1, 0.15) is 31.7 Å². The van der Waals surface area contributed by atoms with E-state index < -0.39 is 15.9 Å². The second-order valence-electron chi connectivity index (χ2n) is 10.4. The Morgan fingerprint density at radius 3 is 2.76 bits per heavy atom. The molecule has 1 aliphatic rings. The number of piperidine rings is 1. The first-order valence-electron chi connectivity index (χ1n) is 14.0. The number of carbonyl (C=O) groups is 1. The van der Waals surface area contributed by atoms with Gasteiger partial charge in [-0.05, 0) is 55.5 Å². The third kappa shape index (κ3) is 6.67. The minimum absolute atomic E-state index is 0.0717. The van der Waals surface area contributed by atoms with Crippen molar-refractivity contribution >= 4 is 22.0 Å². The zero-order valence-corrected chi connectivity index (χ0v) is 24.2. The maximum absolute atomic E-state index is 13.5. The monoisotopic (exact) mass is 583 g/mol. The Kier molecular flexibility index (Phi) is 8.95. The zero-order valence-electron chi connectivity index (χ0n) is 23.4. The average molecular weight is 584 g/mol. The summed E-state index contributed by atoms with van der Waals surface area (Å²) in [7, 11) is -3.69. The van der Waals surface area contributed by atoms with Gasteiger partial charge in [0, 0.05) is 55.9 Å². The number of nitrogens with zero attached hydrogens (tertiary/aromatic N) is 6. The summed E-state index contributed by atoms with van der Waals surface area (Å²) in [6.45, 7) is 4.13. The van der Waals surface area contributed by atoms with E-state index in [0.29, 0.717) is 55.3 Å². The van der Waals surface area contributed by atoms with E-state index >= 15 is 0 Å². The number of para-hydroxylation sites is 1. The maximum atomic E-state index is 13.5. The van der Waals surface area contributed by atoms with Gasteiger partial charge < -0.3 is 9.88 Å². The first-order chi connectivity index (χ1) is 20.3. The molecule has 1 saturated heterocycles. The molecule has 216 valence electrons. The molecular weight excluding hydrogens is 550 g/mol. The summed E-state index contributed by atoms with van der Waals surface area (Å²) in [6, 6.07) is 18.2. The van der Waals surface area contributed by atoms with E-state index in [2.05, 4.69) is 17.2 Å². The molecular formula is C31H33N7O3S. The largest absolute Gasteiger partial charge is 0.351 e. The molecule has 1 aliphatic heterocycles. The number of nitriles is 1. The van der Waals surface area contributed by atoms with Gasteiger partial charge in [0.25, 0.3) is 5.91 Å². The number of nitrogens with one attached hydrogen (secondary N) is 1. The van der Waals surface area contributed by atoms with Crippen LogP contribution < -0.4 is 5.32 Å². The number of imidazole rings is 1. The average Bonchev–Trinajstić information content (AvgIpc) is 3.69. The van der Waals surface area contributed by atoms with Gasteiger partial charge >= 0.3 is 0 Å². The minimum atomic E-state index is -3.69. The highest BCUT2D eigenvalue weighted by Gasteiger charge is 2.29. The SMILES string of the molecule is CC1CCCN(S(=O)(=O)c2cccc(-c3nn(-c4ccccc4)cc3/C=C(\C#N)C(=O)NCCCn3ccnc3)c2)C1. The van der Waals surface area contributed by atoms with Gasteiger partial charge in [0.05, 0.1) is 16.9 Å². The molecule has 2 aromatic carbocycles. The molecule has 1 atom stereocenters. The van der Waals surface area contributed by atoms with Crippen LogP contribution in [0.3, 0.4) is 0 Å². The van der Waals surface area contributed by atoms with Gasteiger partial charge in [0.2, 0.25) is 10.0 Å². The number of aromatic nitrogens is 4. The number of rotatable bonds is 10. The fourth-order valence-electron chi connectivity index (χ4n) is 5.03. The summed E-state index contributed by atoms with van der Waals surface area (Å²) in [5, 5.41) is 17.4. The Morgan fingerprint density at radius 1 is 1.19 bits per heavy atom. The molecule has 0 aliphatic carbocycles. The lowest BCUT2D eigenvalue weighted by atomic mass is 10.0. The molecule has 11 heteroatoms. The van der Waals surface area contributed by atoms with Crippen molar-refractivity contribution in [2.24, 2.45) is 5.92 Å². The normalized spacial score (nSPS) is 16.2. The molecule has 0 spiro atoms. The van der Waals surface area contributed by atoms with Crippen molar-refractivity contribution < 1.29 is 13.2 Å². The predicted molar refractivity (Wildman–Crippen MR) is 160 cm³/mol. The number of benzene rings is 2. The maximum Gasteiger partial charge on any atom is 0.261 e. The summed E-state index contributed by atoms with van der Waals surface area (Å²) < 4.78 is 32.2. The van der Waals surface area contributed by atoms with Crippen molar-refractivity contribution in [2.45, 2.75) is 37.6 Å². The van der Waals surface area contributed by atoms with Crippen LogP contribution in [0.4, 0.5) is 0 Å². The Balaban J connectivity index is 1.45. The Morgan fingerprint density at radius 2 is 2.02 bits per heavy atom.